The van der Waals surface area contributed by atoms with Crippen LogP contribution in [0.15, 0.2) is 24.3 Å². The van der Waals surface area contributed by atoms with Crippen LogP contribution in [0.3, 0.4) is 0 Å². The average Bonchev–Trinajstić information content (AvgIpc) is 3.13. The van der Waals surface area contributed by atoms with E-state index < -0.39 is 12.0 Å². The van der Waals surface area contributed by atoms with E-state index in [1.54, 1.807) is 6.92 Å². The van der Waals surface area contributed by atoms with Crippen molar-refractivity contribution in [1.29, 1.82) is 0 Å². The predicted molar refractivity (Wildman–Crippen MR) is 158 cm³/mol. The quantitative estimate of drug-likeness (QED) is 0.262. The van der Waals surface area contributed by atoms with Crippen LogP contribution in [0.5, 0.6) is 0 Å². The summed E-state index contributed by atoms with van der Waals surface area (Å²) >= 11 is 0. The van der Waals surface area contributed by atoms with Crippen molar-refractivity contribution < 1.29 is 24.8 Å². The summed E-state index contributed by atoms with van der Waals surface area (Å²) in [5.74, 6) is -1.24. The number of fused-ring (bicyclic) bond motifs is 2. The molecule has 2 aliphatic heterocycles. The van der Waals surface area contributed by atoms with Crippen molar-refractivity contribution in [2.45, 2.75) is 90.3 Å². The van der Waals surface area contributed by atoms with Crippen molar-refractivity contribution in [3.63, 3.8) is 0 Å². The van der Waals surface area contributed by atoms with E-state index in [0.29, 0.717) is 27.7 Å². The summed E-state index contributed by atoms with van der Waals surface area (Å²) < 4.78 is 2.20. The van der Waals surface area contributed by atoms with Crippen LogP contribution in [-0.4, -0.2) is 60.1 Å². The molecule has 212 valence electrons. The Kier molecular flexibility index (Phi) is 6.30. The summed E-state index contributed by atoms with van der Waals surface area (Å²) in [7, 11) is 4.08. The van der Waals surface area contributed by atoms with Gasteiger partial charge in [0.15, 0.2) is 11.8 Å². The van der Waals surface area contributed by atoms with Gasteiger partial charge in [0.2, 0.25) is 17.0 Å². The van der Waals surface area contributed by atoms with Crippen molar-refractivity contribution in [3.05, 3.63) is 51.5 Å². The molecule has 1 amide bonds. The van der Waals surface area contributed by atoms with Crippen molar-refractivity contribution in [3.8, 4) is 0 Å². The molecule has 3 aliphatic rings. The number of hydrogen-bond acceptors (Lipinski definition) is 4. The van der Waals surface area contributed by atoms with Gasteiger partial charge in [-0.25, -0.2) is 4.58 Å². The molecular weight excluding hydrogens is 504 g/mol. The predicted octanol–water partition coefficient (Wildman–Crippen LogP) is 1.13. The zero-order valence-corrected chi connectivity index (χ0v) is 25.2. The van der Waals surface area contributed by atoms with Crippen LogP contribution in [0, 0.1) is 0 Å². The zero-order chi connectivity index (χ0) is 29.6. The lowest BCUT2D eigenvalue weighted by Crippen LogP contribution is -2.69. The molecule has 1 fully saturated rings. The summed E-state index contributed by atoms with van der Waals surface area (Å²) in [6.45, 7) is 16.0. The van der Waals surface area contributed by atoms with Gasteiger partial charge in [0, 0.05) is 47.9 Å². The van der Waals surface area contributed by atoms with Gasteiger partial charge in [-0.15, -0.1) is 0 Å². The maximum absolute atomic E-state index is 14.0. The number of aliphatic hydroxyl groups is 2. The largest absolute Gasteiger partial charge is 0.463 e. The fourth-order valence-corrected chi connectivity index (χ4v) is 6.85. The molecule has 0 saturated heterocycles. The molecule has 0 radical (unpaired) electrons. The Morgan fingerprint density at radius 3 is 2.27 bits per heavy atom. The lowest BCUT2D eigenvalue weighted by molar-refractivity contribution is -0.367. The second kappa shape index (κ2) is 8.99. The Bertz CT molecular complexity index is 1630. The highest BCUT2D eigenvalue weighted by Crippen LogP contribution is 2.50. The van der Waals surface area contributed by atoms with Crippen LogP contribution in [0.2, 0.25) is 0 Å². The molecule has 0 spiro atoms. The maximum atomic E-state index is 14.0. The second-order valence-corrected chi connectivity index (χ2v) is 13.0. The van der Waals surface area contributed by atoms with Gasteiger partial charge in [0.1, 0.15) is 7.05 Å². The summed E-state index contributed by atoms with van der Waals surface area (Å²) in [6.07, 6.45) is -1.07. The first kappa shape index (κ1) is 28.0. The molecular formula is C32H42N4O4+2. The van der Waals surface area contributed by atoms with E-state index in [4.69, 9.17) is 0 Å². The first-order valence-corrected chi connectivity index (χ1v) is 14.0. The van der Waals surface area contributed by atoms with Crippen LogP contribution in [-0.2, 0) is 20.4 Å². The van der Waals surface area contributed by atoms with E-state index in [2.05, 4.69) is 61.3 Å². The lowest BCUT2D eigenvalue weighted by atomic mass is 9.68. The van der Waals surface area contributed by atoms with E-state index in [1.165, 1.54) is 6.92 Å². The minimum atomic E-state index is -1.07. The molecule has 40 heavy (non-hydrogen) atoms. The number of Topliss-reactive ketones (excluding diaryl/α,β-unsaturated/α-hetero) is 1. The fourth-order valence-electron chi connectivity index (χ4n) is 6.85. The molecule has 4 unspecified atom stereocenters. The topological polar surface area (TPSA) is 107 Å². The number of nitrogens with one attached hydrogen (secondary N) is 2. The Morgan fingerprint density at radius 2 is 1.70 bits per heavy atom. The average molecular weight is 547 g/mol. The van der Waals surface area contributed by atoms with Gasteiger partial charge in [-0.05, 0) is 51.0 Å². The molecule has 4 N–H and O–H groups in total. The molecule has 1 aliphatic carbocycles. The second-order valence-electron chi connectivity index (χ2n) is 13.0. The molecule has 8 heteroatoms. The zero-order valence-electron chi connectivity index (χ0n) is 25.2. The first-order chi connectivity index (χ1) is 18.5. The molecule has 1 saturated carbocycles. The smallest absolute Gasteiger partial charge is 0.334 e. The number of anilines is 2. The molecule has 5 rings (SSSR count). The van der Waals surface area contributed by atoms with Crippen molar-refractivity contribution in [2.75, 3.05) is 24.3 Å². The molecule has 4 atom stereocenters. The summed E-state index contributed by atoms with van der Waals surface area (Å²) in [6, 6.07) is 8.31. The monoisotopic (exact) mass is 546 g/mol. The van der Waals surface area contributed by atoms with Crippen molar-refractivity contribution in [2.24, 2.45) is 0 Å². The Labute approximate surface area is 235 Å². The summed E-state index contributed by atoms with van der Waals surface area (Å²) in [4.78, 5) is 31.4. The molecule has 0 bridgehead atoms. The number of rotatable bonds is 3. The molecule has 8 nitrogen and oxygen atoms in total. The molecule has 2 aromatic rings. The fraction of sp³-hybridized carbons (Fsp3) is 0.500. The number of amides is 1. The van der Waals surface area contributed by atoms with Crippen molar-refractivity contribution in [1.82, 2.24) is 4.58 Å². The number of hydrogen-bond donors (Lipinski definition) is 4. The third-order valence-corrected chi connectivity index (χ3v) is 10.1. The summed E-state index contributed by atoms with van der Waals surface area (Å²) in [5, 5.41) is 26.3. The first-order valence-electron chi connectivity index (χ1n) is 14.0. The van der Waals surface area contributed by atoms with Crippen LogP contribution in [0.1, 0.15) is 78.0 Å². The van der Waals surface area contributed by atoms with Gasteiger partial charge in [0.25, 0.3) is 0 Å². The minimum absolute atomic E-state index is 0.000362. The third-order valence-electron chi connectivity index (χ3n) is 10.1. The number of carbonyl (C=O) groups is 2. The van der Waals surface area contributed by atoms with Gasteiger partial charge in [-0.1, -0.05) is 19.9 Å². The summed E-state index contributed by atoms with van der Waals surface area (Å²) in [5.41, 5.74) is 4.88. The third kappa shape index (κ3) is 3.83. The van der Waals surface area contributed by atoms with Gasteiger partial charge in [-0.3, -0.25) is 9.59 Å². The molecule has 2 heterocycles. The van der Waals surface area contributed by atoms with Gasteiger partial charge in [-0.2, -0.15) is 4.99 Å². The van der Waals surface area contributed by atoms with Crippen LogP contribution < -0.4 is 30.4 Å². The highest BCUT2D eigenvalue weighted by Gasteiger charge is 2.50. The maximum Gasteiger partial charge on any atom is 0.334 e. The highest BCUT2D eigenvalue weighted by molar-refractivity contribution is 6.28. The van der Waals surface area contributed by atoms with Crippen molar-refractivity contribution >= 4 is 40.2 Å². The number of benzene rings is 2. The highest BCUT2D eigenvalue weighted by atomic mass is 16.3. The number of likely N-dealkylation sites (N-methyl/N-ethyl adjacent to an activating group) is 2. The van der Waals surface area contributed by atoms with Gasteiger partial charge < -0.3 is 20.4 Å². The lowest BCUT2D eigenvalue weighted by Gasteiger charge is -2.36. The van der Waals surface area contributed by atoms with E-state index >= 15 is 0 Å². The normalized spacial score (nSPS) is 27.9. The van der Waals surface area contributed by atoms with E-state index in [1.807, 2.05) is 38.4 Å². The van der Waals surface area contributed by atoms with Crippen LogP contribution in [0.25, 0.3) is 5.57 Å². The minimum Gasteiger partial charge on any atom is -0.463 e. The molecule has 2 aromatic carbocycles. The van der Waals surface area contributed by atoms with Crippen LogP contribution in [0.4, 0.5) is 17.1 Å². The van der Waals surface area contributed by atoms with E-state index in [9.17, 15) is 19.8 Å². The molecule has 0 aromatic heterocycles. The Morgan fingerprint density at radius 1 is 1.05 bits per heavy atom. The van der Waals surface area contributed by atoms with Crippen LogP contribution >= 0.6 is 0 Å². The van der Waals surface area contributed by atoms with E-state index in [0.717, 1.165) is 22.2 Å². The standard InChI is InChI=1S/C32H40N4O4/c1-15-31(5,6)21-11-19(23(33-17(3)37)13-25(21)35(15)9)27-29(39)28(30(27)40)20-12-22-26(14-24(20)34-18(4)38)36(10)16(2)32(22,7)8/h11-16,27,29,39H,1-10H3,(H,33,37)/p+2. The number of nitrogens with zero attached hydrogens (tertiary/aromatic N) is 2. The van der Waals surface area contributed by atoms with Gasteiger partial charge in [0.05, 0.1) is 35.6 Å². The Balaban J connectivity index is 1.72. The Hall–Kier alpha value is -3.52. The number of aliphatic hydroxyl groups excluding tert-OH is 2. The van der Waals surface area contributed by atoms with Gasteiger partial charge >= 0.3 is 5.90 Å². The number of carbonyl (C=O) groups excluding carboxylic acids is 2. The van der Waals surface area contributed by atoms with E-state index in [-0.39, 0.29) is 40.5 Å². The SMILES string of the molecule is CC(=O)Nc1cc2c(cc1C1C(=O)C(=c3cc4c(cc3[NH+]=C(C)O)=[N+](C)C(C)C4(C)C)C1O)C(C)(C)C(C)N2C. The number of ketones is 1.